The summed E-state index contributed by atoms with van der Waals surface area (Å²) in [5.74, 6) is 3.50. The molecule has 4 nitrogen and oxygen atoms in total. The van der Waals surface area contributed by atoms with Gasteiger partial charge in [0.15, 0.2) is 28.8 Å². The third kappa shape index (κ3) is 6.00. The van der Waals surface area contributed by atoms with E-state index >= 15 is 0 Å². The van der Waals surface area contributed by atoms with Crippen molar-refractivity contribution in [2.24, 2.45) is 0 Å². The van der Waals surface area contributed by atoms with E-state index in [1.165, 1.54) is 27.8 Å². The molecule has 59 heavy (non-hydrogen) atoms. The summed E-state index contributed by atoms with van der Waals surface area (Å²) in [5, 5.41) is 0. The van der Waals surface area contributed by atoms with Crippen molar-refractivity contribution >= 4 is 0 Å². The van der Waals surface area contributed by atoms with Crippen LogP contribution in [0, 0.1) is 0 Å². The SMILES string of the molecule is CC1(C)c2ccccc2-c2c1ccc1c2Oc2c(cccc2-c2cccc(-c3nc(-c4ccc(-c5ccccc5)cc4)cc(-c4ccc(-c5ccccc5)cc4)n3)c2)O1. The van der Waals surface area contributed by atoms with Crippen LogP contribution < -0.4 is 9.47 Å². The summed E-state index contributed by atoms with van der Waals surface area (Å²) in [4.78, 5) is 10.5. The van der Waals surface area contributed by atoms with Gasteiger partial charge in [0.2, 0.25) is 0 Å². The van der Waals surface area contributed by atoms with Gasteiger partial charge in [-0.15, -0.1) is 0 Å². The van der Waals surface area contributed by atoms with Crippen molar-refractivity contribution in [1.29, 1.82) is 0 Å². The van der Waals surface area contributed by atoms with Crippen LogP contribution in [0.15, 0.2) is 194 Å². The van der Waals surface area contributed by atoms with Gasteiger partial charge in [0.05, 0.1) is 11.4 Å². The molecule has 0 amide bonds. The highest BCUT2D eigenvalue weighted by molar-refractivity contribution is 5.89. The number of fused-ring (bicyclic) bond motifs is 6. The second-order valence-electron chi connectivity index (χ2n) is 15.8. The number of hydrogen-bond donors (Lipinski definition) is 0. The summed E-state index contributed by atoms with van der Waals surface area (Å²) < 4.78 is 13.6. The lowest BCUT2D eigenvalue weighted by molar-refractivity contribution is 0.361. The van der Waals surface area contributed by atoms with Crippen LogP contribution in [-0.4, -0.2) is 9.97 Å². The van der Waals surface area contributed by atoms with E-state index in [1.807, 2.05) is 30.3 Å². The number of benzene rings is 8. The molecule has 0 saturated heterocycles. The Kier molecular flexibility index (Phi) is 8.12. The molecule has 8 aromatic carbocycles. The van der Waals surface area contributed by atoms with Gasteiger partial charge in [-0.3, -0.25) is 0 Å². The van der Waals surface area contributed by atoms with Gasteiger partial charge < -0.3 is 9.47 Å². The van der Waals surface area contributed by atoms with Gasteiger partial charge in [-0.05, 0) is 68.8 Å². The molecule has 0 N–H and O–H groups in total. The molecular weight excluding hydrogens is 721 g/mol. The van der Waals surface area contributed by atoms with E-state index in [2.05, 4.69) is 178 Å². The monoisotopic (exact) mass is 758 g/mol. The zero-order valence-corrected chi connectivity index (χ0v) is 32.7. The molecule has 280 valence electrons. The predicted molar refractivity (Wildman–Crippen MR) is 239 cm³/mol. The Bertz CT molecular complexity index is 2940. The van der Waals surface area contributed by atoms with E-state index in [0.717, 1.165) is 67.4 Å². The molecule has 1 aliphatic heterocycles. The maximum atomic E-state index is 6.98. The zero-order valence-electron chi connectivity index (χ0n) is 32.7. The van der Waals surface area contributed by atoms with E-state index < -0.39 is 0 Å². The van der Waals surface area contributed by atoms with Crippen molar-refractivity contribution in [2.45, 2.75) is 19.3 Å². The highest BCUT2D eigenvalue weighted by Gasteiger charge is 2.39. The lowest BCUT2D eigenvalue weighted by Crippen LogP contribution is -2.15. The third-order valence-corrected chi connectivity index (χ3v) is 11.8. The minimum absolute atomic E-state index is 0.153. The van der Waals surface area contributed by atoms with Gasteiger partial charge in [-0.2, -0.15) is 0 Å². The maximum absolute atomic E-state index is 6.98. The average Bonchev–Trinajstić information content (AvgIpc) is 3.54. The lowest BCUT2D eigenvalue weighted by Gasteiger charge is -2.26. The van der Waals surface area contributed by atoms with E-state index in [9.17, 15) is 0 Å². The fourth-order valence-corrected chi connectivity index (χ4v) is 8.70. The zero-order chi connectivity index (χ0) is 39.5. The van der Waals surface area contributed by atoms with Crippen LogP contribution in [-0.2, 0) is 5.41 Å². The van der Waals surface area contributed by atoms with Gasteiger partial charge in [0.25, 0.3) is 0 Å². The molecule has 1 aromatic heterocycles. The topological polar surface area (TPSA) is 44.2 Å². The van der Waals surface area contributed by atoms with Crippen molar-refractivity contribution in [3.8, 4) is 101 Å². The van der Waals surface area contributed by atoms with Crippen molar-refractivity contribution < 1.29 is 9.47 Å². The number of hydrogen-bond acceptors (Lipinski definition) is 4. The van der Waals surface area contributed by atoms with Gasteiger partial charge in [-0.25, -0.2) is 9.97 Å². The van der Waals surface area contributed by atoms with Crippen molar-refractivity contribution in [2.75, 3.05) is 0 Å². The standard InChI is InChI=1S/C55H38N2O2/c1-55(2)45-21-10-9-19-44(45)51-46(55)31-32-50-53(51)59-52-43(20-12-22-49(52)58-50)41-17-11-18-42(33-41)54-56-47(39-27-23-37(24-28-39)35-13-5-3-6-14-35)34-48(57-54)40-29-25-38(26-30-40)36-15-7-4-8-16-36/h3-34H,1-2H3. The van der Waals surface area contributed by atoms with E-state index in [-0.39, 0.29) is 5.41 Å². The van der Waals surface area contributed by atoms with E-state index in [0.29, 0.717) is 17.3 Å². The molecule has 0 saturated carbocycles. The fourth-order valence-electron chi connectivity index (χ4n) is 8.70. The quantitative estimate of drug-likeness (QED) is 0.169. The Morgan fingerprint density at radius 1 is 0.356 bits per heavy atom. The highest BCUT2D eigenvalue weighted by atomic mass is 16.6. The largest absolute Gasteiger partial charge is 0.449 e. The van der Waals surface area contributed by atoms with Crippen molar-refractivity contribution in [3.05, 3.63) is 205 Å². The predicted octanol–water partition coefficient (Wildman–Crippen LogP) is 14.7. The Hall–Kier alpha value is -7.56. The first-order valence-corrected chi connectivity index (χ1v) is 20.1. The molecule has 2 heterocycles. The Morgan fingerprint density at radius 3 is 1.53 bits per heavy atom. The van der Waals surface area contributed by atoms with Crippen molar-refractivity contribution in [1.82, 2.24) is 9.97 Å². The first-order chi connectivity index (χ1) is 29.0. The molecule has 11 rings (SSSR count). The normalized spacial score (nSPS) is 13.0. The Labute approximate surface area is 344 Å². The molecule has 0 fully saturated rings. The van der Waals surface area contributed by atoms with E-state index in [1.54, 1.807) is 0 Å². The summed E-state index contributed by atoms with van der Waals surface area (Å²) in [5.41, 5.74) is 15.9. The number of para-hydroxylation sites is 1. The Morgan fingerprint density at radius 2 is 0.864 bits per heavy atom. The number of nitrogens with zero attached hydrogens (tertiary/aromatic N) is 2. The third-order valence-electron chi connectivity index (χ3n) is 11.8. The molecule has 2 aliphatic rings. The van der Waals surface area contributed by atoms with Crippen LogP contribution in [0.2, 0.25) is 0 Å². The first kappa shape index (κ1) is 34.7. The summed E-state index contributed by atoms with van der Waals surface area (Å²) in [7, 11) is 0. The van der Waals surface area contributed by atoms with Crippen LogP contribution >= 0.6 is 0 Å². The van der Waals surface area contributed by atoms with Gasteiger partial charge in [0, 0.05) is 33.2 Å². The average molecular weight is 759 g/mol. The summed E-state index contributed by atoms with van der Waals surface area (Å²) in [6.07, 6.45) is 0. The van der Waals surface area contributed by atoms with Crippen LogP contribution in [0.4, 0.5) is 0 Å². The lowest BCUT2D eigenvalue weighted by atomic mass is 9.82. The summed E-state index contributed by atoms with van der Waals surface area (Å²) in [6, 6.07) is 67.6. The molecule has 9 aromatic rings. The second kappa shape index (κ2) is 13.8. The summed E-state index contributed by atoms with van der Waals surface area (Å²) in [6.45, 7) is 4.56. The maximum Gasteiger partial charge on any atom is 0.178 e. The van der Waals surface area contributed by atoms with Gasteiger partial charge >= 0.3 is 0 Å². The Balaban J connectivity index is 0.999. The highest BCUT2D eigenvalue weighted by Crippen LogP contribution is 2.59. The number of rotatable bonds is 6. The smallest absolute Gasteiger partial charge is 0.178 e. The summed E-state index contributed by atoms with van der Waals surface area (Å²) >= 11 is 0. The molecule has 0 unspecified atom stereocenters. The van der Waals surface area contributed by atoms with Crippen LogP contribution in [0.25, 0.3) is 78.4 Å². The van der Waals surface area contributed by atoms with Crippen LogP contribution in [0.5, 0.6) is 23.0 Å². The molecule has 0 spiro atoms. The molecule has 0 atom stereocenters. The minimum Gasteiger partial charge on any atom is -0.449 e. The van der Waals surface area contributed by atoms with Crippen LogP contribution in [0.3, 0.4) is 0 Å². The molecular formula is C55H38N2O2. The molecule has 4 heteroatoms. The second-order valence-corrected chi connectivity index (χ2v) is 15.8. The van der Waals surface area contributed by atoms with Gasteiger partial charge in [-0.1, -0.05) is 184 Å². The molecule has 1 aliphatic carbocycles. The van der Waals surface area contributed by atoms with Crippen molar-refractivity contribution in [3.63, 3.8) is 0 Å². The van der Waals surface area contributed by atoms with Gasteiger partial charge in [0.1, 0.15) is 0 Å². The molecule has 0 radical (unpaired) electrons. The minimum atomic E-state index is -0.153. The van der Waals surface area contributed by atoms with E-state index in [4.69, 9.17) is 19.4 Å². The first-order valence-electron chi connectivity index (χ1n) is 20.1. The van der Waals surface area contributed by atoms with Crippen LogP contribution in [0.1, 0.15) is 25.0 Å². The molecule has 0 bridgehead atoms. The number of ether oxygens (including phenoxy) is 2. The number of aromatic nitrogens is 2. The fraction of sp³-hybridized carbons (Fsp3) is 0.0545.